The molecule has 5 nitrogen and oxygen atoms in total. The molecule has 0 amide bonds. The fraction of sp³-hybridized carbons (Fsp3) is 0.421. The summed E-state index contributed by atoms with van der Waals surface area (Å²) in [6.07, 6.45) is 1.39. The van der Waals surface area contributed by atoms with Crippen LogP contribution in [0.15, 0.2) is 29.6 Å². The predicted octanol–water partition coefficient (Wildman–Crippen LogP) is 3.67. The highest BCUT2D eigenvalue weighted by Gasteiger charge is 2.31. The Kier molecular flexibility index (Phi) is 4.39. The van der Waals surface area contributed by atoms with Crippen molar-refractivity contribution in [1.29, 1.82) is 0 Å². The summed E-state index contributed by atoms with van der Waals surface area (Å²) in [6.45, 7) is 3.94. The number of piperidine rings is 1. The first-order valence-corrected chi connectivity index (χ1v) is 9.41. The fourth-order valence-corrected chi connectivity index (χ4v) is 4.70. The summed E-state index contributed by atoms with van der Waals surface area (Å²) in [4.78, 5) is 14.9. The summed E-state index contributed by atoms with van der Waals surface area (Å²) in [5.74, 6) is 0.676. The molecule has 1 unspecified atom stereocenters. The smallest absolute Gasteiger partial charge is 0.306 e. The zero-order chi connectivity index (χ0) is 17.4. The van der Waals surface area contributed by atoms with E-state index < -0.39 is 5.97 Å². The van der Waals surface area contributed by atoms with Gasteiger partial charge in [-0.15, -0.1) is 11.3 Å². The van der Waals surface area contributed by atoms with Crippen LogP contribution in [-0.4, -0.2) is 35.9 Å². The molecule has 0 radical (unpaired) electrons. The Morgan fingerprint density at radius 2 is 2.00 bits per heavy atom. The fourth-order valence-electron chi connectivity index (χ4n) is 3.64. The molecule has 1 aromatic carbocycles. The molecule has 1 saturated heterocycles. The molecule has 3 heterocycles. The number of carbonyl (C=O) groups is 1. The minimum atomic E-state index is -0.675. The SMILES string of the molecule is Cc1csc(C(c2ccc3c(c2)OCO3)N2CCC(C(=O)O)CC2)c1. The quantitative estimate of drug-likeness (QED) is 0.903. The van der Waals surface area contributed by atoms with Crippen LogP contribution < -0.4 is 9.47 Å². The van der Waals surface area contributed by atoms with Crippen LogP contribution in [0.5, 0.6) is 11.5 Å². The van der Waals surface area contributed by atoms with Crippen molar-refractivity contribution in [3.8, 4) is 11.5 Å². The van der Waals surface area contributed by atoms with Crippen LogP contribution in [0.3, 0.4) is 0 Å². The van der Waals surface area contributed by atoms with Crippen LogP contribution in [0, 0.1) is 12.8 Å². The van der Waals surface area contributed by atoms with Crippen LogP contribution >= 0.6 is 11.3 Å². The van der Waals surface area contributed by atoms with E-state index in [1.807, 2.05) is 6.07 Å². The number of carboxylic acid groups (broad SMARTS) is 1. The molecule has 0 saturated carbocycles. The Balaban J connectivity index is 1.65. The van der Waals surface area contributed by atoms with Crippen LogP contribution in [0.2, 0.25) is 0 Å². The minimum absolute atomic E-state index is 0.128. The van der Waals surface area contributed by atoms with Crippen molar-refractivity contribution in [2.75, 3.05) is 19.9 Å². The van der Waals surface area contributed by atoms with Gasteiger partial charge in [0.2, 0.25) is 6.79 Å². The Morgan fingerprint density at radius 1 is 1.24 bits per heavy atom. The van der Waals surface area contributed by atoms with Gasteiger partial charge in [0.05, 0.1) is 12.0 Å². The molecule has 0 spiro atoms. The van der Waals surface area contributed by atoms with E-state index >= 15 is 0 Å². The molecule has 0 bridgehead atoms. The number of hydrogen-bond donors (Lipinski definition) is 1. The number of nitrogens with zero attached hydrogens (tertiary/aromatic N) is 1. The number of carboxylic acids is 1. The maximum absolute atomic E-state index is 11.3. The second-order valence-corrected chi connectivity index (χ2v) is 7.63. The zero-order valence-corrected chi connectivity index (χ0v) is 14.9. The first kappa shape index (κ1) is 16.4. The average Bonchev–Trinajstić information content (AvgIpc) is 3.24. The first-order valence-electron chi connectivity index (χ1n) is 8.53. The van der Waals surface area contributed by atoms with Crippen molar-refractivity contribution in [2.24, 2.45) is 5.92 Å². The van der Waals surface area contributed by atoms with Gasteiger partial charge in [-0.2, -0.15) is 0 Å². The van der Waals surface area contributed by atoms with E-state index in [9.17, 15) is 9.90 Å². The van der Waals surface area contributed by atoms with Gasteiger partial charge >= 0.3 is 5.97 Å². The van der Waals surface area contributed by atoms with Crippen LogP contribution in [0.25, 0.3) is 0 Å². The lowest BCUT2D eigenvalue weighted by atomic mass is 9.93. The monoisotopic (exact) mass is 359 g/mol. The van der Waals surface area contributed by atoms with Gasteiger partial charge in [0.1, 0.15) is 0 Å². The van der Waals surface area contributed by atoms with Gasteiger partial charge in [-0.1, -0.05) is 6.07 Å². The lowest BCUT2D eigenvalue weighted by molar-refractivity contribution is -0.143. The zero-order valence-electron chi connectivity index (χ0n) is 14.1. The van der Waals surface area contributed by atoms with Gasteiger partial charge in [-0.05, 0) is 67.6 Å². The van der Waals surface area contributed by atoms with E-state index in [4.69, 9.17) is 9.47 Å². The number of rotatable bonds is 4. The van der Waals surface area contributed by atoms with Crippen molar-refractivity contribution < 1.29 is 19.4 Å². The molecule has 0 aliphatic carbocycles. The van der Waals surface area contributed by atoms with Crippen molar-refractivity contribution in [1.82, 2.24) is 4.90 Å². The normalized spacial score (nSPS) is 19.1. The van der Waals surface area contributed by atoms with Crippen LogP contribution in [-0.2, 0) is 4.79 Å². The number of hydrogen-bond acceptors (Lipinski definition) is 5. The minimum Gasteiger partial charge on any atom is -0.481 e. The van der Waals surface area contributed by atoms with Crippen molar-refractivity contribution in [3.63, 3.8) is 0 Å². The highest BCUT2D eigenvalue weighted by molar-refractivity contribution is 7.10. The number of likely N-dealkylation sites (tertiary alicyclic amines) is 1. The maximum atomic E-state index is 11.3. The molecule has 1 aromatic heterocycles. The molecule has 1 fully saturated rings. The van der Waals surface area contributed by atoms with E-state index in [1.54, 1.807) is 11.3 Å². The summed E-state index contributed by atoms with van der Waals surface area (Å²) in [7, 11) is 0. The molecular weight excluding hydrogens is 338 g/mol. The summed E-state index contributed by atoms with van der Waals surface area (Å²) in [5, 5.41) is 11.4. The molecule has 2 aromatic rings. The van der Waals surface area contributed by atoms with Gasteiger partial charge in [0.25, 0.3) is 0 Å². The number of fused-ring (bicyclic) bond motifs is 1. The molecule has 2 aliphatic heterocycles. The lowest BCUT2D eigenvalue weighted by Gasteiger charge is -2.36. The van der Waals surface area contributed by atoms with Crippen molar-refractivity contribution in [2.45, 2.75) is 25.8 Å². The third kappa shape index (κ3) is 3.24. The topological polar surface area (TPSA) is 59.0 Å². The standard InChI is InChI=1S/C19H21NO4S/c1-12-8-17(25-10-12)18(20-6-4-13(5-7-20)19(21)22)14-2-3-15-16(9-14)24-11-23-15/h2-3,8-10,13,18H,4-7,11H2,1H3,(H,21,22). The van der Waals surface area contributed by atoms with E-state index in [0.717, 1.165) is 24.6 Å². The Bertz CT molecular complexity index is 779. The van der Waals surface area contributed by atoms with Crippen molar-refractivity contribution >= 4 is 17.3 Å². The van der Waals surface area contributed by atoms with Gasteiger partial charge in [0, 0.05) is 4.88 Å². The van der Waals surface area contributed by atoms with Crippen LogP contribution in [0.1, 0.15) is 34.9 Å². The molecule has 2 aliphatic rings. The van der Waals surface area contributed by atoms with E-state index in [-0.39, 0.29) is 18.8 Å². The number of benzene rings is 1. The Labute approximate surface area is 150 Å². The molecule has 6 heteroatoms. The molecule has 1 atom stereocenters. The Hall–Kier alpha value is -2.05. The summed E-state index contributed by atoms with van der Waals surface area (Å²) in [5.41, 5.74) is 2.42. The molecule has 25 heavy (non-hydrogen) atoms. The van der Waals surface area contributed by atoms with Gasteiger partial charge in [-0.3, -0.25) is 9.69 Å². The molecule has 4 rings (SSSR count). The lowest BCUT2D eigenvalue weighted by Crippen LogP contribution is -2.39. The van der Waals surface area contributed by atoms with Gasteiger partial charge in [0.15, 0.2) is 11.5 Å². The largest absolute Gasteiger partial charge is 0.481 e. The van der Waals surface area contributed by atoms with E-state index in [2.05, 4.69) is 35.4 Å². The third-order valence-corrected chi connectivity index (χ3v) is 6.08. The summed E-state index contributed by atoms with van der Waals surface area (Å²) < 4.78 is 11.0. The van der Waals surface area contributed by atoms with Crippen LogP contribution in [0.4, 0.5) is 0 Å². The average molecular weight is 359 g/mol. The highest BCUT2D eigenvalue weighted by Crippen LogP contribution is 2.40. The van der Waals surface area contributed by atoms with E-state index in [0.29, 0.717) is 12.8 Å². The third-order valence-electron chi connectivity index (χ3n) is 4.98. The maximum Gasteiger partial charge on any atom is 0.306 e. The number of thiophene rings is 1. The predicted molar refractivity (Wildman–Crippen MR) is 95.4 cm³/mol. The molecule has 1 N–H and O–H groups in total. The van der Waals surface area contributed by atoms with E-state index in [1.165, 1.54) is 16.0 Å². The number of aryl methyl sites for hydroxylation is 1. The summed E-state index contributed by atoms with van der Waals surface area (Å²) >= 11 is 1.76. The second kappa shape index (κ2) is 6.69. The first-order chi connectivity index (χ1) is 12.1. The number of aliphatic carboxylic acids is 1. The summed E-state index contributed by atoms with van der Waals surface area (Å²) in [6, 6.07) is 8.48. The highest BCUT2D eigenvalue weighted by atomic mass is 32.1. The molecule has 132 valence electrons. The molecular formula is C19H21NO4S. The van der Waals surface area contributed by atoms with Crippen molar-refractivity contribution in [3.05, 3.63) is 45.6 Å². The Morgan fingerprint density at radius 3 is 2.68 bits per heavy atom. The second-order valence-electron chi connectivity index (χ2n) is 6.69. The van der Waals surface area contributed by atoms with Gasteiger partial charge < -0.3 is 14.6 Å². The number of ether oxygens (including phenoxy) is 2. The van der Waals surface area contributed by atoms with Gasteiger partial charge in [-0.25, -0.2) is 0 Å².